The molecule has 1 saturated heterocycles. The smallest absolute Gasteiger partial charge is 0.138 e. The van der Waals surface area contributed by atoms with E-state index in [1.54, 1.807) is 0 Å². The van der Waals surface area contributed by atoms with Gasteiger partial charge in [-0.3, -0.25) is 4.79 Å². The first-order valence-corrected chi connectivity index (χ1v) is 7.77. The van der Waals surface area contributed by atoms with Crippen molar-refractivity contribution in [2.75, 3.05) is 0 Å². The van der Waals surface area contributed by atoms with Gasteiger partial charge in [0.25, 0.3) is 0 Å². The normalized spacial score (nSPS) is 51.2. The minimum atomic E-state index is 0.0119. The van der Waals surface area contributed by atoms with E-state index >= 15 is 0 Å². The van der Waals surface area contributed by atoms with Crippen LogP contribution in [0.15, 0.2) is 23.3 Å². The molecule has 3 aliphatic rings. The van der Waals surface area contributed by atoms with E-state index in [9.17, 15) is 4.79 Å². The molecule has 0 aromatic rings. The van der Waals surface area contributed by atoms with Crippen molar-refractivity contribution >= 4 is 5.78 Å². The third-order valence-corrected chi connectivity index (χ3v) is 6.62. The summed E-state index contributed by atoms with van der Waals surface area (Å²) in [4.78, 5) is 12.3. The summed E-state index contributed by atoms with van der Waals surface area (Å²) < 4.78 is 6.46. The Morgan fingerprint density at radius 3 is 2.70 bits per heavy atom. The van der Waals surface area contributed by atoms with Crippen LogP contribution in [-0.4, -0.2) is 18.0 Å². The number of ketones is 1. The van der Waals surface area contributed by atoms with Gasteiger partial charge in [-0.2, -0.15) is 0 Å². The Hall–Kier alpha value is -0.890. The van der Waals surface area contributed by atoms with Crippen molar-refractivity contribution in [3.63, 3.8) is 0 Å². The van der Waals surface area contributed by atoms with Crippen LogP contribution in [-0.2, 0) is 9.53 Å². The molecule has 0 bridgehead atoms. The van der Waals surface area contributed by atoms with Crippen LogP contribution in [0.2, 0.25) is 0 Å². The summed E-state index contributed by atoms with van der Waals surface area (Å²) in [6, 6.07) is 0. The lowest BCUT2D eigenvalue weighted by molar-refractivity contribution is -0.138. The molecular formula is C18H26O2. The van der Waals surface area contributed by atoms with Crippen molar-refractivity contribution in [3.8, 4) is 0 Å². The summed E-state index contributed by atoms with van der Waals surface area (Å²) in [5.41, 5.74) is 2.74. The van der Waals surface area contributed by atoms with E-state index < -0.39 is 0 Å². The molecule has 1 aliphatic heterocycles. The fourth-order valence-electron chi connectivity index (χ4n) is 5.17. The van der Waals surface area contributed by atoms with E-state index in [0.717, 1.165) is 0 Å². The van der Waals surface area contributed by atoms with Gasteiger partial charge in [-0.25, -0.2) is 0 Å². The minimum Gasteiger partial charge on any atom is -0.368 e. The van der Waals surface area contributed by atoms with Gasteiger partial charge < -0.3 is 4.74 Å². The maximum Gasteiger partial charge on any atom is 0.138 e. The highest BCUT2D eigenvalue weighted by Gasteiger charge is 2.70. The van der Waals surface area contributed by atoms with E-state index in [4.69, 9.17) is 4.74 Å². The maximum atomic E-state index is 12.3. The van der Waals surface area contributed by atoms with E-state index in [1.807, 2.05) is 0 Å². The summed E-state index contributed by atoms with van der Waals surface area (Å²) in [5.74, 6) is 0.744. The van der Waals surface area contributed by atoms with E-state index in [1.165, 1.54) is 11.1 Å². The number of Topliss-reactive ketones (excluding diaryl/α,β-unsaturated/α-hetero) is 1. The number of carbonyl (C=O) groups excluding carboxylic acids is 1. The van der Waals surface area contributed by atoms with Gasteiger partial charge >= 0.3 is 0 Å². The Labute approximate surface area is 122 Å². The number of allylic oxidation sites excluding steroid dienone is 2. The van der Waals surface area contributed by atoms with Gasteiger partial charge in [-0.15, -0.1) is 0 Å². The molecule has 110 valence electrons. The van der Waals surface area contributed by atoms with Gasteiger partial charge in [0.15, 0.2) is 0 Å². The maximum absolute atomic E-state index is 12.3. The second-order valence-corrected chi connectivity index (χ2v) is 7.43. The van der Waals surface area contributed by atoms with Gasteiger partial charge in [-0.05, 0) is 32.3 Å². The molecule has 20 heavy (non-hydrogen) atoms. The van der Waals surface area contributed by atoms with E-state index in [-0.39, 0.29) is 29.0 Å². The van der Waals surface area contributed by atoms with Crippen molar-refractivity contribution in [1.82, 2.24) is 0 Å². The molecule has 2 heteroatoms. The molecule has 0 spiro atoms. The Morgan fingerprint density at radius 1 is 1.45 bits per heavy atom. The average molecular weight is 274 g/mol. The second kappa shape index (κ2) is 4.07. The van der Waals surface area contributed by atoms with Crippen LogP contribution in [0, 0.1) is 22.7 Å². The lowest BCUT2D eigenvalue weighted by Gasteiger charge is -2.47. The molecule has 1 saturated carbocycles. The Balaban J connectivity index is 2.17. The predicted octanol–water partition coefficient (Wildman–Crippen LogP) is 3.92. The molecule has 2 aliphatic carbocycles. The lowest BCUT2D eigenvalue weighted by atomic mass is 9.54. The SMILES string of the molecule is C/C=C(\C)[C@H]1OC2C(C)C(=O)C[C@H]3C(C)=C[C@@]1(C)[C@]23C. The van der Waals surface area contributed by atoms with Gasteiger partial charge in [-0.1, -0.05) is 38.5 Å². The fraction of sp³-hybridized carbons (Fsp3) is 0.722. The number of hydrogen-bond acceptors (Lipinski definition) is 2. The van der Waals surface area contributed by atoms with Gasteiger partial charge in [0.05, 0.1) is 12.2 Å². The third-order valence-electron chi connectivity index (χ3n) is 6.62. The Bertz CT molecular complexity index is 530. The summed E-state index contributed by atoms with van der Waals surface area (Å²) in [6.07, 6.45) is 5.40. The fourth-order valence-corrected chi connectivity index (χ4v) is 5.17. The zero-order chi connectivity index (χ0) is 14.9. The first-order valence-electron chi connectivity index (χ1n) is 7.77. The van der Waals surface area contributed by atoms with Crippen LogP contribution in [0.25, 0.3) is 0 Å². The van der Waals surface area contributed by atoms with Crippen LogP contribution in [0.3, 0.4) is 0 Å². The number of carbonyl (C=O) groups is 1. The monoisotopic (exact) mass is 274 g/mol. The van der Waals surface area contributed by atoms with Crippen molar-refractivity contribution in [2.24, 2.45) is 22.7 Å². The molecule has 0 aromatic heterocycles. The lowest BCUT2D eigenvalue weighted by Crippen LogP contribution is -2.51. The Kier molecular flexibility index (Phi) is 2.86. The largest absolute Gasteiger partial charge is 0.368 e. The molecule has 2 nitrogen and oxygen atoms in total. The molecule has 3 rings (SSSR count). The zero-order valence-electron chi connectivity index (χ0n) is 13.5. The first-order chi connectivity index (χ1) is 9.27. The number of hydrogen-bond donors (Lipinski definition) is 0. The number of rotatable bonds is 1. The number of ether oxygens (including phenoxy) is 1. The first kappa shape index (κ1) is 14.1. The molecule has 0 radical (unpaired) electrons. The molecule has 1 heterocycles. The summed E-state index contributed by atoms with van der Waals surface area (Å²) in [5, 5.41) is 0. The van der Waals surface area contributed by atoms with Crippen LogP contribution in [0.4, 0.5) is 0 Å². The second-order valence-electron chi connectivity index (χ2n) is 7.43. The molecular weight excluding hydrogens is 248 g/mol. The van der Waals surface area contributed by atoms with Gasteiger partial charge in [0.2, 0.25) is 0 Å². The molecule has 0 amide bonds. The third kappa shape index (κ3) is 1.36. The van der Waals surface area contributed by atoms with Crippen molar-refractivity contribution in [2.45, 2.75) is 60.2 Å². The van der Waals surface area contributed by atoms with E-state index in [2.05, 4.69) is 53.7 Å². The van der Waals surface area contributed by atoms with Gasteiger partial charge in [0.1, 0.15) is 5.78 Å². The molecule has 0 aromatic carbocycles. The quantitative estimate of drug-likeness (QED) is 0.677. The minimum absolute atomic E-state index is 0.0119. The highest BCUT2D eigenvalue weighted by molar-refractivity contribution is 5.84. The molecule has 6 atom stereocenters. The predicted molar refractivity (Wildman–Crippen MR) is 80.3 cm³/mol. The topological polar surface area (TPSA) is 26.3 Å². The van der Waals surface area contributed by atoms with Crippen LogP contribution in [0.5, 0.6) is 0 Å². The summed E-state index contributed by atoms with van der Waals surface area (Å²) >= 11 is 0. The average Bonchev–Trinajstić information content (AvgIpc) is 2.74. The van der Waals surface area contributed by atoms with Crippen molar-refractivity contribution in [3.05, 3.63) is 23.3 Å². The highest BCUT2D eigenvalue weighted by atomic mass is 16.5. The summed E-state index contributed by atoms with van der Waals surface area (Å²) in [6.45, 7) is 13.2. The molecule has 2 unspecified atom stereocenters. The van der Waals surface area contributed by atoms with Crippen LogP contribution >= 0.6 is 0 Å². The van der Waals surface area contributed by atoms with Crippen LogP contribution in [0.1, 0.15) is 48.0 Å². The van der Waals surface area contributed by atoms with E-state index in [0.29, 0.717) is 18.1 Å². The zero-order valence-corrected chi connectivity index (χ0v) is 13.5. The standard InChI is InChI=1S/C18H26O2/c1-7-10(2)15-17(5)9-11(3)13-8-14(19)12(4)16(20-15)18(13,17)6/h7,9,12-13,15-16H,8H2,1-6H3/b10-7+/t12?,13-,15+,16?,17+,18-/m0/s1. The molecule has 2 fully saturated rings. The summed E-state index contributed by atoms with van der Waals surface area (Å²) in [7, 11) is 0. The van der Waals surface area contributed by atoms with Crippen molar-refractivity contribution < 1.29 is 9.53 Å². The van der Waals surface area contributed by atoms with Gasteiger partial charge in [0, 0.05) is 23.2 Å². The highest BCUT2D eigenvalue weighted by Crippen LogP contribution is 2.68. The Morgan fingerprint density at radius 2 is 2.10 bits per heavy atom. The molecule has 0 N–H and O–H groups in total. The van der Waals surface area contributed by atoms with Crippen molar-refractivity contribution in [1.29, 1.82) is 0 Å². The van der Waals surface area contributed by atoms with Crippen LogP contribution < -0.4 is 0 Å².